The van der Waals surface area contributed by atoms with Crippen LogP contribution in [0.5, 0.6) is 0 Å². The van der Waals surface area contributed by atoms with E-state index in [0.29, 0.717) is 16.5 Å². The minimum absolute atomic E-state index is 0.00225. The number of rotatable bonds is 3. The van der Waals surface area contributed by atoms with Crippen molar-refractivity contribution in [2.75, 3.05) is 6.54 Å². The fourth-order valence-corrected chi connectivity index (χ4v) is 2.55. The number of nitrogens with zero attached hydrogens (tertiary/aromatic N) is 1. The molecule has 0 radical (unpaired) electrons. The van der Waals surface area contributed by atoms with Gasteiger partial charge in [-0.2, -0.15) is 0 Å². The van der Waals surface area contributed by atoms with Gasteiger partial charge in [-0.25, -0.2) is 4.39 Å². The van der Waals surface area contributed by atoms with Crippen molar-refractivity contribution in [2.24, 2.45) is 0 Å². The summed E-state index contributed by atoms with van der Waals surface area (Å²) in [6, 6.07) is 4.18. The molecule has 1 saturated heterocycles. The number of amides is 2. The largest absolute Gasteiger partial charge is 0.345 e. The second-order valence-corrected chi connectivity index (χ2v) is 5.17. The summed E-state index contributed by atoms with van der Waals surface area (Å²) in [5, 5.41) is 2.56. The number of benzene rings is 1. The minimum atomic E-state index is -0.489. The third kappa shape index (κ3) is 2.78. The van der Waals surface area contributed by atoms with Gasteiger partial charge in [0.05, 0.1) is 11.0 Å². The summed E-state index contributed by atoms with van der Waals surface area (Å²) in [4.78, 5) is 25.1. The van der Waals surface area contributed by atoms with Gasteiger partial charge in [-0.1, -0.05) is 19.1 Å². The third-order valence-electron chi connectivity index (χ3n) is 3.17. The van der Waals surface area contributed by atoms with Gasteiger partial charge in [0.25, 0.3) is 0 Å². The van der Waals surface area contributed by atoms with E-state index in [9.17, 15) is 14.0 Å². The van der Waals surface area contributed by atoms with E-state index in [2.05, 4.69) is 21.2 Å². The molecule has 6 heteroatoms. The Bertz CT molecular complexity index is 521. The van der Waals surface area contributed by atoms with Crippen molar-refractivity contribution in [2.45, 2.75) is 25.9 Å². The van der Waals surface area contributed by atoms with Crippen molar-refractivity contribution in [1.29, 1.82) is 0 Å². The van der Waals surface area contributed by atoms with Gasteiger partial charge < -0.3 is 10.2 Å². The van der Waals surface area contributed by atoms with Crippen LogP contribution in [0, 0.1) is 5.82 Å². The first kappa shape index (κ1) is 14.0. The lowest BCUT2D eigenvalue weighted by Crippen LogP contribution is -2.57. The van der Waals surface area contributed by atoms with Crippen LogP contribution in [0.4, 0.5) is 4.39 Å². The molecule has 1 fully saturated rings. The average molecular weight is 329 g/mol. The Kier molecular flexibility index (Phi) is 4.19. The Morgan fingerprint density at radius 1 is 1.47 bits per heavy atom. The molecular weight excluding hydrogens is 315 g/mol. The predicted molar refractivity (Wildman–Crippen MR) is 71.7 cm³/mol. The molecule has 1 heterocycles. The Balaban J connectivity index is 2.26. The number of carbonyl (C=O) groups is 2. The van der Waals surface area contributed by atoms with Crippen molar-refractivity contribution in [3.8, 4) is 0 Å². The van der Waals surface area contributed by atoms with Gasteiger partial charge in [-0.15, -0.1) is 0 Å². The molecule has 0 saturated carbocycles. The van der Waals surface area contributed by atoms with Crippen LogP contribution in [-0.4, -0.2) is 29.3 Å². The Morgan fingerprint density at radius 2 is 2.21 bits per heavy atom. The normalized spacial score (nSPS) is 19.5. The van der Waals surface area contributed by atoms with Gasteiger partial charge in [0.1, 0.15) is 11.9 Å². The van der Waals surface area contributed by atoms with E-state index in [-0.39, 0.29) is 30.7 Å². The van der Waals surface area contributed by atoms with E-state index >= 15 is 0 Å². The van der Waals surface area contributed by atoms with Crippen LogP contribution in [0.15, 0.2) is 22.7 Å². The van der Waals surface area contributed by atoms with Crippen LogP contribution in [0.2, 0.25) is 0 Å². The maximum atomic E-state index is 13.5. The van der Waals surface area contributed by atoms with Crippen molar-refractivity contribution < 1.29 is 14.0 Å². The van der Waals surface area contributed by atoms with E-state index in [1.807, 2.05) is 6.92 Å². The number of hydrogen-bond donors (Lipinski definition) is 1. The molecule has 1 aliphatic heterocycles. The zero-order chi connectivity index (χ0) is 14.0. The molecule has 1 unspecified atom stereocenters. The smallest absolute Gasteiger partial charge is 0.243 e. The highest BCUT2D eigenvalue weighted by Gasteiger charge is 2.33. The van der Waals surface area contributed by atoms with Crippen LogP contribution in [0.25, 0.3) is 0 Å². The van der Waals surface area contributed by atoms with Gasteiger partial charge >= 0.3 is 0 Å². The van der Waals surface area contributed by atoms with Crippen LogP contribution in [-0.2, 0) is 16.1 Å². The average Bonchev–Trinajstić information content (AvgIpc) is 2.39. The highest BCUT2D eigenvalue weighted by Crippen LogP contribution is 2.23. The first-order valence-corrected chi connectivity index (χ1v) is 6.84. The fraction of sp³-hybridized carbons (Fsp3) is 0.385. The van der Waals surface area contributed by atoms with Crippen LogP contribution < -0.4 is 5.32 Å². The highest BCUT2D eigenvalue weighted by molar-refractivity contribution is 9.10. The lowest BCUT2D eigenvalue weighted by molar-refractivity contribution is -0.146. The van der Waals surface area contributed by atoms with E-state index in [0.717, 1.165) is 0 Å². The summed E-state index contributed by atoms with van der Waals surface area (Å²) in [5.41, 5.74) is 0.654. The Labute approximate surface area is 119 Å². The molecule has 19 heavy (non-hydrogen) atoms. The van der Waals surface area contributed by atoms with Crippen LogP contribution >= 0.6 is 15.9 Å². The maximum Gasteiger partial charge on any atom is 0.243 e. The topological polar surface area (TPSA) is 49.4 Å². The van der Waals surface area contributed by atoms with Crippen molar-refractivity contribution in [3.63, 3.8) is 0 Å². The summed E-state index contributed by atoms with van der Waals surface area (Å²) >= 11 is 3.17. The molecule has 0 spiro atoms. The van der Waals surface area contributed by atoms with Gasteiger partial charge in [-0.3, -0.25) is 9.59 Å². The van der Waals surface area contributed by atoms with Gasteiger partial charge in [0, 0.05) is 6.54 Å². The molecule has 0 aromatic heterocycles. The summed E-state index contributed by atoms with van der Waals surface area (Å²) in [6.07, 6.45) is 0.532. The third-order valence-corrected chi connectivity index (χ3v) is 4.06. The van der Waals surface area contributed by atoms with Crippen LogP contribution in [0.1, 0.15) is 18.9 Å². The minimum Gasteiger partial charge on any atom is -0.345 e. The number of hydrogen-bond acceptors (Lipinski definition) is 2. The molecule has 0 aliphatic carbocycles. The summed E-state index contributed by atoms with van der Waals surface area (Å²) in [7, 11) is 0. The molecule has 1 aromatic carbocycles. The molecule has 2 amide bonds. The number of nitrogens with one attached hydrogen (secondary N) is 1. The number of halogens is 2. The predicted octanol–water partition coefficient (Wildman–Crippen LogP) is 1.83. The summed E-state index contributed by atoms with van der Waals surface area (Å²) < 4.78 is 13.8. The quantitative estimate of drug-likeness (QED) is 0.920. The first-order valence-electron chi connectivity index (χ1n) is 6.04. The number of piperazine rings is 1. The zero-order valence-electron chi connectivity index (χ0n) is 10.5. The Morgan fingerprint density at radius 3 is 2.89 bits per heavy atom. The molecule has 1 aromatic rings. The van der Waals surface area contributed by atoms with E-state index < -0.39 is 6.04 Å². The Hall–Kier alpha value is -1.43. The molecule has 0 bridgehead atoms. The zero-order valence-corrected chi connectivity index (χ0v) is 12.0. The van der Waals surface area contributed by atoms with E-state index in [4.69, 9.17) is 0 Å². The molecule has 1 N–H and O–H groups in total. The maximum absolute atomic E-state index is 13.5. The second-order valence-electron chi connectivity index (χ2n) is 4.38. The van der Waals surface area contributed by atoms with Gasteiger partial charge in [0.15, 0.2) is 0 Å². The molecule has 1 atom stereocenters. The summed E-state index contributed by atoms with van der Waals surface area (Å²) in [5.74, 6) is -0.684. The lowest BCUT2D eigenvalue weighted by atomic mass is 10.1. The first-order chi connectivity index (χ1) is 9.04. The SMILES string of the molecule is CCC1C(=O)NCC(=O)N1Cc1cccc(F)c1Br. The molecular formula is C13H14BrFN2O2. The van der Waals surface area contributed by atoms with Crippen LogP contribution in [0.3, 0.4) is 0 Å². The molecule has 4 nitrogen and oxygen atoms in total. The van der Waals surface area contributed by atoms with Gasteiger partial charge in [0.2, 0.25) is 11.8 Å². The monoisotopic (exact) mass is 328 g/mol. The molecule has 1 aliphatic rings. The molecule has 102 valence electrons. The van der Waals surface area contributed by atoms with Gasteiger partial charge in [-0.05, 0) is 34.0 Å². The van der Waals surface area contributed by atoms with E-state index in [1.165, 1.54) is 11.0 Å². The lowest BCUT2D eigenvalue weighted by Gasteiger charge is -2.34. The highest BCUT2D eigenvalue weighted by atomic mass is 79.9. The standard InChI is InChI=1S/C13H14BrFN2O2/c1-2-10-13(19)16-6-11(18)17(10)7-8-4-3-5-9(15)12(8)14/h3-5,10H,2,6-7H2,1H3,(H,16,19). The van der Waals surface area contributed by atoms with Crippen molar-refractivity contribution >= 4 is 27.7 Å². The second kappa shape index (κ2) is 5.69. The van der Waals surface area contributed by atoms with E-state index in [1.54, 1.807) is 12.1 Å². The van der Waals surface area contributed by atoms with Crippen molar-refractivity contribution in [1.82, 2.24) is 10.2 Å². The van der Waals surface area contributed by atoms with Crippen molar-refractivity contribution in [3.05, 3.63) is 34.1 Å². The number of carbonyl (C=O) groups excluding carboxylic acids is 2. The molecule has 2 rings (SSSR count). The fourth-order valence-electron chi connectivity index (χ4n) is 2.16. The summed E-state index contributed by atoms with van der Waals surface area (Å²) in [6.45, 7) is 2.07.